The Hall–Kier alpha value is -1.12. The van der Waals surface area contributed by atoms with Crippen LogP contribution in [0.1, 0.15) is 31.5 Å². The first-order valence-electron chi connectivity index (χ1n) is 5.27. The van der Waals surface area contributed by atoms with Crippen LogP contribution in [-0.2, 0) is 12.8 Å². The maximum Gasteiger partial charge on any atom is 0.146 e. The molecule has 0 amide bonds. The molecule has 1 aliphatic carbocycles. The van der Waals surface area contributed by atoms with Gasteiger partial charge < -0.3 is 5.73 Å². The van der Waals surface area contributed by atoms with Gasteiger partial charge in [0.25, 0.3) is 0 Å². The van der Waals surface area contributed by atoms with E-state index in [2.05, 4.69) is 24.0 Å². The third-order valence-electron chi connectivity index (χ3n) is 3.16. The number of nitrogen functional groups attached to an aromatic ring is 1. The minimum atomic E-state index is 0.549. The lowest BCUT2D eigenvalue weighted by atomic mass is 9.80. The van der Waals surface area contributed by atoms with E-state index in [0.29, 0.717) is 5.82 Å². The Labute approximate surface area is 84.7 Å². The molecule has 3 heteroatoms. The van der Waals surface area contributed by atoms with Crippen LogP contribution in [-0.4, -0.2) is 10.2 Å². The predicted octanol–water partition coefficient (Wildman–Crippen LogP) is 1.82. The van der Waals surface area contributed by atoms with Crippen molar-refractivity contribution in [3.63, 3.8) is 0 Å². The fourth-order valence-electron chi connectivity index (χ4n) is 2.14. The minimum Gasteiger partial charge on any atom is -0.382 e. The molecule has 0 bridgehead atoms. The summed E-state index contributed by atoms with van der Waals surface area (Å²) in [5.74, 6) is 2.08. The van der Waals surface area contributed by atoms with Crippen molar-refractivity contribution in [2.45, 2.75) is 33.1 Å². The molecule has 0 radical (unpaired) electrons. The third-order valence-corrected chi connectivity index (χ3v) is 3.16. The van der Waals surface area contributed by atoms with Gasteiger partial charge in [0.1, 0.15) is 5.82 Å². The van der Waals surface area contributed by atoms with Crippen molar-refractivity contribution in [2.75, 3.05) is 5.73 Å². The summed E-state index contributed by atoms with van der Waals surface area (Å²) in [6.45, 7) is 4.57. The Morgan fingerprint density at radius 3 is 2.93 bits per heavy atom. The Kier molecular flexibility index (Phi) is 2.40. The summed E-state index contributed by atoms with van der Waals surface area (Å²) in [6.07, 6.45) is 3.42. The fraction of sp³-hybridized carbons (Fsp3) is 0.636. The van der Waals surface area contributed by atoms with Crippen LogP contribution < -0.4 is 5.73 Å². The monoisotopic (exact) mass is 191 g/mol. The van der Waals surface area contributed by atoms with E-state index in [1.165, 1.54) is 12.0 Å². The van der Waals surface area contributed by atoms with E-state index in [1.807, 2.05) is 6.07 Å². The molecule has 1 aromatic heterocycles. The van der Waals surface area contributed by atoms with E-state index in [1.54, 1.807) is 0 Å². The van der Waals surface area contributed by atoms with Crippen molar-refractivity contribution >= 4 is 5.82 Å². The van der Waals surface area contributed by atoms with E-state index in [9.17, 15) is 0 Å². The largest absolute Gasteiger partial charge is 0.382 e. The topological polar surface area (TPSA) is 51.8 Å². The zero-order valence-electron chi connectivity index (χ0n) is 8.83. The zero-order chi connectivity index (χ0) is 10.1. The first-order chi connectivity index (χ1) is 6.66. The molecule has 1 heterocycles. The maximum atomic E-state index is 5.63. The summed E-state index contributed by atoms with van der Waals surface area (Å²) in [5.41, 5.74) is 8.09. The van der Waals surface area contributed by atoms with E-state index in [0.717, 1.165) is 30.4 Å². The van der Waals surface area contributed by atoms with Crippen LogP contribution in [0.4, 0.5) is 5.82 Å². The maximum absolute atomic E-state index is 5.63. The molecular formula is C11H17N3. The van der Waals surface area contributed by atoms with E-state index in [-0.39, 0.29) is 0 Å². The van der Waals surface area contributed by atoms with Crippen molar-refractivity contribution in [1.29, 1.82) is 0 Å². The second-order valence-corrected chi connectivity index (χ2v) is 4.49. The summed E-state index contributed by atoms with van der Waals surface area (Å²) in [6, 6.07) is 1.98. The summed E-state index contributed by atoms with van der Waals surface area (Å²) < 4.78 is 0. The molecule has 0 saturated carbocycles. The number of rotatable bonds is 1. The van der Waals surface area contributed by atoms with Crippen molar-refractivity contribution in [2.24, 2.45) is 11.8 Å². The fourth-order valence-corrected chi connectivity index (χ4v) is 2.14. The Bertz CT molecular complexity index is 333. The SMILES string of the molecule is CC(C)C1CCc2nnc(N)cc2C1. The highest BCUT2D eigenvalue weighted by Gasteiger charge is 2.22. The zero-order valence-corrected chi connectivity index (χ0v) is 8.83. The smallest absolute Gasteiger partial charge is 0.146 e. The van der Waals surface area contributed by atoms with Crippen molar-refractivity contribution in [3.8, 4) is 0 Å². The number of aryl methyl sites for hydroxylation is 1. The van der Waals surface area contributed by atoms with Gasteiger partial charge in [-0.25, -0.2) is 0 Å². The molecule has 0 fully saturated rings. The Morgan fingerprint density at radius 2 is 2.21 bits per heavy atom. The summed E-state index contributed by atoms with van der Waals surface area (Å²) >= 11 is 0. The molecule has 1 aliphatic rings. The van der Waals surface area contributed by atoms with Gasteiger partial charge in [-0.3, -0.25) is 0 Å². The highest BCUT2D eigenvalue weighted by molar-refractivity contribution is 5.34. The number of anilines is 1. The van der Waals surface area contributed by atoms with Crippen LogP contribution in [0.3, 0.4) is 0 Å². The molecule has 0 spiro atoms. The molecule has 0 aromatic carbocycles. The van der Waals surface area contributed by atoms with Crippen molar-refractivity contribution < 1.29 is 0 Å². The molecule has 1 atom stereocenters. The van der Waals surface area contributed by atoms with Gasteiger partial charge in [-0.1, -0.05) is 13.8 Å². The van der Waals surface area contributed by atoms with Crippen LogP contribution in [0.2, 0.25) is 0 Å². The average molecular weight is 191 g/mol. The quantitative estimate of drug-likeness (QED) is 0.736. The summed E-state index contributed by atoms with van der Waals surface area (Å²) in [4.78, 5) is 0. The lowest BCUT2D eigenvalue weighted by Gasteiger charge is -2.26. The van der Waals surface area contributed by atoms with Gasteiger partial charge in [0.2, 0.25) is 0 Å². The molecule has 2 N–H and O–H groups in total. The van der Waals surface area contributed by atoms with Crippen molar-refractivity contribution in [1.82, 2.24) is 10.2 Å². The first kappa shape index (κ1) is 9.44. The number of hydrogen-bond donors (Lipinski definition) is 1. The standard InChI is InChI=1S/C11H17N3/c1-7(2)8-3-4-10-9(5-8)6-11(12)14-13-10/h6-8H,3-5H2,1-2H3,(H2,12,14). The van der Waals surface area contributed by atoms with Gasteiger partial charge >= 0.3 is 0 Å². The average Bonchev–Trinajstić information content (AvgIpc) is 2.16. The van der Waals surface area contributed by atoms with E-state index < -0.39 is 0 Å². The van der Waals surface area contributed by atoms with Crippen LogP contribution >= 0.6 is 0 Å². The number of nitrogens with zero attached hydrogens (tertiary/aromatic N) is 2. The van der Waals surface area contributed by atoms with E-state index in [4.69, 9.17) is 5.73 Å². The van der Waals surface area contributed by atoms with Gasteiger partial charge in [-0.05, 0) is 42.7 Å². The van der Waals surface area contributed by atoms with E-state index >= 15 is 0 Å². The van der Waals surface area contributed by atoms with Gasteiger partial charge in [0, 0.05) is 0 Å². The number of nitrogens with two attached hydrogens (primary N) is 1. The molecule has 0 aliphatic heterocycles. The number of hydrogen-bond acceptors (Lipinski definition) is 3. The number of fused-ring (bicyclic) bond motifs is 1. The lowest BCUT2D eigenvalue weighted by molar-refractivity contribution is 0.339. The molecule has 1 unspecified atom stereocenters. The number of aromatic nitrogens is 2. The van der Waals surface area contributed by atoms with Crippen LogP contribution in [0.25, 0.3) is 0 Å². The van der Waals surface area contributed by atoms with Crippen LogP contribution in [0.15, 0.2) is 6.07 Å². The molecule has 2 rings (SSSR count). The van der Waals surface area contributed by atoms with Gasteiger partial charge in [0.05, 0.1) is 5.69 Å². The minimum absolute atomic E-state index is 0.549. The van der Waals surface area contributed by atoms with Gasteiger partial charge in [0.15, 0.2) is 0 Å². The third kappa shape index (κ3) is 1.72. The van der Waals surface area contributed by atoms with Crippen LogP contribution in [0.5, 0.6) is 0 Å². The molecule has 14 heavy (non-hydrogen) atoms. The highest BCUT2D eigenvalue weighted by Crippen LogP contribution is 2.29. The molecular weight excluding hydrogens is 174 g/mol. The summed E-state index contributed by atoms with van der Waals surface area (Å²) in [5, 5.41) is 8.03. The second kappa shape index (κ2) is 3.56. The normalized spacial score (nSPS) is 20.9. The Balaban J connectivity index is 2.24. The molecule has 0 saturated heterocycles. The van der Waals surface area contributed by atoms with Crippen LogP contribution in [0, 0.1) is 11.8 Å². The molecule has 1 aromatic rings. The lowest BCUT2D eigenvalue weighted by Crippen LogP contribution is -2.20. The Morgan fingerprint density at radius 1 is 1.43 bits per heavy atom. The highest BCUT2D eigenvalue weighted by atomic mass is 15.1. The van der Waals surface area contributed by atoms with Gasteiger partial charge in [-0.15, -0.1) is 5.10 Å². The summed E-state index contributed by atoms with van der Waals surface area (Å²) in [7, 11) is 0. The molecule has 3 nitrogen and oxygen atoms in total. The molecule has 76 valence electrons. The first-order valence-corrected chi connectivity index (χ1v) is 5.27. The van der Waals surface area contributed by atoms with Crippen molar-refractivity contribution in [3.05, 3.63) is 17.3 Å². The predicted molar refractivity (Wildman–Crippen MR) is 56.8 cm³/mol. The van der Waals surface area contributed by atoms with Gasteiger partial charge in [-0.2, -0.15) is 5.10 Å². The second-order valence-electron chi connectivity index (χ2n) is 4.49.